The summed E-state index contributed by atoms with van der Waals surface area (Å²) in [5.41, 5.74) is 3.01. The minimum atomic E-state index is -0.406. The van der Waals surface area contributed by atoms with Crippen LogP contribution in [0.15, 0.2) is 77.3 Å². The summed E-state index contributed by atoms with van der Waals surface area (Å²) in [5, 5.41) is 2.94. The van der Waals surface area contributed by atoms with Crippen molar-refractivity contribution >= 4 is 33.4 Å². The lowest BCUT2D eigenvalue weighted by atomic mass is 9.95. The molecule has 1 atom stereocenters. The predicted octanol–water partition coefficient (Wildman–Crippen LogP) is 5.03. The fourth-order valence-corrected chi connectivity index (χ4v) is 4.07. The molecule has 1 aliphatic rings. The summed E-state index contributed by atoms with van der Waals surface area (Å²) in [6, 6.07) is 22.1. The smallest absolute Gasteiger partial charge is 0.255 e. The van der Waals surface area contributed by atoms with Crippen molar-refractivity contribution < 1.29 is 14.3 Å². The van der Waals surface area contributed by atoms with E-state index in [0.29, 0.717) is 23.6 Å². The Bertz CT molecular complexity index is 1070. The highest BCUT2D eigenvalue weighted by molar-refractivity contribution is 9.10. The van der Waals surface area contributed by atoms with Crippen LogP contribution >= 0.6 is 15.9 Å². The molecule has 0 spiro atoms. The normalized spacial score (nSPS) is 15.7. The van der Waals surface area contributed by atoms with Crippen LogP contribution in [-0.4, -0.2) is 29.9 Å². The third-order valence-electron chi connectivity index (χ3n) is 5.00. The van der Waals surface area contributed by atoms with Crippen LogP contribution in [0.2, 0.25) is 0 Å². The molecule has 0 bridgehead atoms. The molecule has 3 aromatic rings. The Labute approximate surface area is 183 Å². The fraction of sp³-hybridized carbons (Fsp3) is 0.167. The Balaban J connectivity index is 1.81. The van der Waals surface area contributed by atoms with Gasteiger partial charge in [-0.05, 0) is 55.0 Å². The highest BCUT2D eigenvalue weighted by atomic mass is 79.9. The van der Waals surface area contributed by atoms with Crippen LogP contribution in [0, 0.1) is 0 Å². The molecule has 2 amide bonds. The molecule has 4 rings (SSSR count). The van der Waals surface area contributed by atoms with Crippen LogP contribution in [0.5, 0.6) is 5.75 Å². The first-order valence-electron chi connectivity index (χ1n) is 9.75. The van der Waals surface area contributed by atoms with Gasteiger partial charge in [0.05, 0.1) is 12.6 Å². The summed E-state index contributed by atoms with van der Waals surface area (Å²) in [6.07, 6.45) is 0. The molecule has 1 aliphatic heterocycles. The molecule has 0 saturated heterocycles. The van der Waals surface area contributed by atoms with Crippen LogP contribution in [-0.2, 0) is 4.79 Å². The zero-order chi connectivity index (χ0) is 21.1. The quantitative estimate of drug-likeness (QED) is 0.588. The Morgan fingerprint density at radius 1 is 1.10 bits per heavy atom. The summed E-state index contributed by atoms with van der Waals surface area (Å²) in [7, 11) is 0. The van der Waals surface area contributed by atoms with Gasteiger partial charge in [0.1, 0.15) is 12.3 Å². The molecular formula is C24H21BrN2O3. The van der Waals surface area contributed by atoms with E-state index < -0.39 is 6.04 Å². The third kappa shape index (κ3) is 4.09. The lowest BCUT2D eigenvalue weighted by molar-refractivity contribution is -0.117. The molecule has 6 heteroatoms. The highest BCUT2D eigenvalue weighted by Gasteiger charge is 2.34. The maximum atomic E-state index is 13.5. The minimum Gasteiger partial charge on any atom is -0.494 e. The van der Waals surface area contributed by atoms with Crippen molar-refractivity contribution in [3.8, 4) is 5.75 Å². The monoisotopic (exact) mass is 464 g/mol. The first-order chi connectivity index (χ1) is 14.6. The minimum absolute atomic E-state index is 0.0437. The molecule has 0 saturated carbocycles. The molecular weight excluding hydrogens is 444 g/mol. The van der Waals surface area contributed by atoms with E-state index in [1.54, 1.807) is 29.2 Å². The van der Waals surface area contributed by atoms with E-state index >= 15 is 0 Å². The summed E-state index contributed by atoms with van der Waals surface area (Å²) in [5.74, 6) is 0.266. The maximum Gasteiger partial charge on any atom is 0.255 e. The van der Waals surface area contributed by atoms with Gasteiger partial charge in [-0.15, -0.1) is 0 Å². The van der Waals surface area contributed by atoms with Crippen molar-refractivity contribution in [2.24, 2.45) is 0 Å². The van der Waals surface area contributed by atoms with Gasteiger partial charge in [0.2, 0.25) is 5.91 Å². The zero-order valence-electron chi connectivity index (χ0n) is 16.5. The first-order valence-corrected chi connectivity index (χ1v) is 10.5. The Morgan fingerprint density at radius 2 is 1.83 bits per heavy atom. The maximum absolute atomic E-state index is 13.5. The van der Waals surface area contributed by atoms with Gasteiger partial charge in [0.15, 0.2) is 0 Å². The fourth-order valence-electron chi connectivity index (χ4n) is 3.69. The van der Waals surface area contributed by atoms with Crippen LogP contribution in [0.4, 0.5) is 5.69 Å². The number of halogens is 1. The average molecular weight is 465 g/mol. The van der Waals surface area contributed by atoms with Crippen LogP contribution in [0.3, 0.4) is 0 Å². The Morgan fingerprint density at radius 3 is 2.53 bits per heavy atom. The third-order valence-corrected chi connectivity index (χ3v) is 5.49. The summed E-state index contributed by atoms with van der Waals surface area (Å²) in [6.45, 7) is 2.42. The van der Waals surface area contributed by atoms with Crippen molar-refractivity contribution in [2.75, 3.05) is 18.5 Å². The number of hydrogen-bond acceptors (Lipinski definition) is 3. The number of amides is 2. The number of nitrogens with one attached hydrogen (secondary N) is 1. The van der Waals surface area contributed by atoms with E-state index in [4.69, 9.17) is 4.74 Å². The second-order valence-electron chi connectivity index (χ2n) is 6.98. The predicted molar refractivity (Wildman–Crippen MR) is 120 cm³/mol. The van der Waals surface area contributed by atoms with E-state index in [1.165, 1.54) is 0 Å². The van der Waals surface area contributed by atoms with E-state index in [9.17, 15) is 9.59 Å². The topological polar surface area (TPSA) is 58.6 Å². The van der Waals surface area contributed by atoms with Crippen molar-refractivity contribution in [3.63, 3.8) is 0 Å². The van der Waals surface area contributed by atoms with Crippen LogP contribution in [0.1, 0.15) is 34.5 Å². The molecule has 1 heterocycles. The van der Waals surface area contributed by atoms with Crippen molar-refractivity contribution in [2.45, 2.75) is 13.0 Å². The van der Waals surface area contributed by atoms with Crippen molar-refractivity contribution in [1.29, 1.82) is 0 Å². The van der Waals surface area contributed by atoms with Crippen molar-refractivity contribution in [1.82, 2.24) is 4.90 Å². The molecule has 1 unspecified atom stereocenters. The van der Waals surface area contributed by atoms with Gasteiger partial charge in [-0.2, -0.15) is 0 Å². The van der Waals surface area contributed by atoms with Gasteiger partial charge in [-0.1, -0.05) is 46.3 Å². The number of benzene rings is 3. The second-order valence-corrected chi connectivity index (χ2v) is 7.90. The summed E-state index contributed by atoms with van der Waals surface area (Å²) in [4.78, 5) is 27.8. The molecule has 0 aliphatic carbocycles. The number of hydrogen-bond donors (Lipinski definition) is 1. The molecule has 30 heavy (non-hydrogen) atoms. The van der Waals surface area contributed by atoms with Gasteiger partial charge in [-0.25, -0.2) is 0 Å². The average Bonchev–Trinajstić information content (AvgIpc) is 2.90. The van der Waals surface area contributed by atoms with Gasteiger partial charge >= 0.3 is 0 Å². The van der Waals surface area contributed by atoms with E-state index in [0.717, 1.165) is 15.6 Å². The lowest BCUT2D eigenvalue weighted by Gasteiger charge is -2.30. The number of ether oxygens (including phenoxy) is 1. The molecule has 3 aromatic carbocycles. The first kappa shape index (κ1) is 20.2. The summed E-state index contributed by atoms with van der Waals surface area (Å²) < 4.78 is 6.36. The van der Waals surface area contributed by atoms with E-state index in [1.807, 2.05) is 55.5 Å². The standard InChI is InChI=1S/C24H21BrN2O3/c1-2-30-19-11-8-17(9-12-19)24(29)27-15-22(28)26-21-13-10-18(25)14-20(21)23(27)16-6-4-3-5-7-16/h3-14,23H,2,15H2,1H3,(H,26,28). The van der Waals surface area contributed by atoms with Gasteiger partial charge in [0.25, 0.3) is 5.91 Å². The Kier molecular flexibility index (Phi) is 5.86. The number of carbonyl (C=O) groups excluding carboxylic acids is 2. The molecule has 152 valence electrons. The number of fused-ring (bicyclic) bond motifs is 1. The SMILES string of the molecule is CCOc1ccc(C(=O)N2CC(=O)Nc3ccc(Br)cc3C2c2ccccc2)cc1. The van der Waals surface area contributed by atoms with E-state index in [2.05, 4.69) is 21.2 Å². The van der Waals surface area contributed by atoms with Gasteiger partial charge in [-0.3, -0.25) is 9.59 Å². The number of anilines is 1. The van der Waals surface area contributed by atoms with Gasteiger partial charge in [0, 0.05) is 21.3 Å². The number of nitrogens with zero attached hydrogens (tertiary/aromatic N) is 1. The molecule has 5 nitrogen and oxygen atoms in total. The van der Waals surface area contributed by atoms with Crippen molar-refractivity contribution in [3.05, 3.63) is 94.0 Å². The van der Waals surface area contributed by atoms with Gasteiger partial charge < -0.3 is 15.0 Å². The van der Waals surface area contributed by atoms with E-state index in [-0.39, 0.29) is 18.4 Å². The zero-order valence-corrected chi connectivity index (χ0v) is 18.1. The highest BCUT2D eigenvalue weighted by Crippen LogP contribution is 2.38. The molecule has 0 aromatic heterocycles. The molecule has 0 radical (unpaired) electrons. The largest absolute Gasteiger partial charge is 0.494 e. The molecule has 1 N–H and O–H groups in total. The molecule has 0 fully saturated rings. The lowest BCUT2D eigenvalue weighted by Crippen LogP contribution is -2.39. The van der Waals surface area contributed by atoms with Crippen LogP contribution < -0.4 is 10.1 Å². The Hall–Kier alpha value is -3.12. The van der Waals surface area contributed by atoms with Crippen LogP contribution in [0.25, 0.3) is 0 Å². The second kappa shape index (κ2) is 8.71. The number of carbonyl (C=O) groups is 2. The number of rotatable bonds is 4. The summed E-state index contributed by atoms with van der Waals surface area (Å²) >= 11 is 3.53.